The van der Waals surface area contributed by atoms with Crippen LogP contribution in [0.5, 0.6) is 0 Å². The number of halogens is 1. The van der Waals surface area contributed by atoms with Crippen molar-refractivity contribution in [3.8, 4) is 0 Å². The van der Waals surface area contributed by atoms with Gasteiger partial charge in [-0.25, -0.2) is 0 Å². The third kappa shape index (κ3) is 3.90. The molecule has 13 heavy (non-hydrogen) atoms. The van der Waals surface area contributed by atoms with Gasteiger partial charge in [0.15, 0.2) is 0 Å². The smallest absolute Gasteiger partial charge is 0.220 e. The number of carbonyl (C=O) groups is 1. The van der Waals surface area contributed by atoms with E-state index in [0.29, 0.717) is 0 Å². The van der Waals surface area contributed by atoms with Gasteiger partial charge < -0.3 is 5.32 Å². The van der Waals surface area contributed by atoms with Crippen molar-refractivity contribution >= 4 is 27.9 Å². The highest BCUT2D eigenvalue weighted by Crippen LogP contribution is 2.12. The zero-order chi connectivity index (χ0) is 9.68. The summed E-state index contributed by atoms with van der Waals surface area (Å²) in [6.45, 7) is 1.48. The Kier molecular flexibility index (Phi) is 3.71. The quantitative estimate of drug-likeness (QED) is 0.845. The van der Waals surface area contributed by atoms with Crippen LogP contribution in [0.15, 0.2) is 34.9 Å². The molecule has 0 radical (unpaired) electrons. The zero-order valence-corrected chi connectivity index (χ0v) is 8.84. The average molecular weight is 240 g/mol. The van der Waals surface area contributed by atoms with E-state index in [9.17, 15) is 4.79 Å². The fourth-order valence-electron chi connectivity index (χ4n) is 0.866. The van der Waals surface area contributed by atoms with E-state index in [1.165, 1.54) is 6.92 Å². The van der Waals surface area contributed by atoms with Gasteiger partial charge >= 0.3 is 0 Å². The molecule has 0 aliphatic carbocycles. The van der Waals surface area contributed by atoms with Crippen molar-refractivity contribution in [2.75, 3.05) is 0 Å². The largest absolute Gasteiger partial charge is 0.333 e. The first kappa shape index (κ1) is 9.99. The zero-order valence-electron chi connectivity index (χ0n) is 7.25. The summed E-state index contributed by atoms with van der Waals surface area (Å²) in [6, 6.07) is 7.83. The molecule has 1 rings (SSSR count). The lowest BCUT2D eigenvalue weighted by atomic mass is 10.2. The van der Waals surface area contributed by atoms with Gasteiger partial charge in [0, 0.05) is 17.6 Å². The van der Waals surface area contributed by atoms with Crippen molar-refractivity contribution < 1.29 is 4.79 Å². The first-order chi connectivity index (χ1) is 6.18. The molecule has 1 aromatic rings. The standard InChI is InChI=1S/C10H10BrNO/c1-8(13)12-6-5-9-3-2-4-10(11)7-9/h2-7H,1H3,(H,12,13)/b6-5+. The first-order valence-corrected chi connectivity index (χ1v) is 4.67. The van der Waals surface area contributed by atoms with Gasteiger partial charge in [0.05, 0.1) is 0 Å². The minimum absolute atomic E-state index is 0.0637. The third-order valence-electron chi connectivity index (χ3n) is 1.41. The summed E-state index contributed by atoms with van der Waals surface area (Å²) < 4.78 is 1.03. The molecule has 2 nitrogen and oxygen atoms in total. The maximum atomic E-state index is 10.5. The van der Waals surface area contributed by atoms with Crippen molar-refractivity contribution in [3.05, 3.63) is 40.5 Å². The lowest BCUT2D eigenvalue weighted by molar-refractivity contribution is -0.118. The number of carbonyl (C=O) groups excluding carboxylic acids is 1. The van der Waals surface area contributed by atoms with Crippen molar-refractivity contribution in [2.45, 2.75) is 6.92 Å². The van der Waals surface area contributed by atoms with E-state index in [-0.39, 0.29) is 5.91 Å². The molecule has 0 spiro atoms. The van der Waals surface area contributed by atoms with E-state index in [2.05, 4.69) is 21.2 Å². The SMILES string of the molecule is CC(=O)N/C=C/c1cccc(Br)c1. The van der Waals surface area contributed by atoms with Crippen LogP contribution >= 0.6 is 15.9 Å². The molecule has 0 saturated heterocycles. The summed E-state index contributed by atoms with van der Waals surface area (Å²) in [7, 11) is 0. The normalized spacial score (nSPS) is 10.3. The van der Waals surface area contributed by atoms with Gasteiger partial charge in [0.2, 0.25) is 5.91 Å². The van der Waals surface area contributed by atoms with E-state index in [0.717, 1.165) is 10.0 Å². The molecular formula is C10H10BrNO. The molecule has 0 saturated carbocycles. The van der Waals surface area contributed by atoms with Crippen LogP contribution in [0.25, 0.3) is 6.08 Å². The van der Waals surface area contributed by atoms with Gasteiger partial charge in [-0.2, -0.15) is 0 Å². The van der Waals surface area contributed by atoms with E-state index >= 15 is 0 Å². The summed E-state index contributed by atoms with van der Waals surface area (Å²) in [6.07, 6.45) is 3.47. The molecule has 3 heteroatoms. The summed E-state index contributed by atoms with van der Waals surface area (Å²) in [5.74, 6) is -0.0637. The van der Waals surface area contributed by atoms with Crippen LogP contribution in [-0.4, -0.2) is 5.91 Å². The molecule has 0 bridgehead atoms. The van der Waals surface area contributed by atoms with Crippen LogP contribution < -0.4 is 5.32 Å². The van der Waals surface area contributed by atoms with Gasteiger partial charge in [-0.1, -0.05) is 28.1 Å². The topological polar surface area (TPSA) is 29.1 Å². The second-order valence-electron chi connectivity index (χ2n) is 2.59. The number of rotatable bonds is 2. The Morgan fingerprint density at radius 2 is 2.31 bits per heavy atom. The van der Waals surface area contributed by atoms with Crippen LogP contribution in [0.4, 0.5) is 0 Å². The van der Waals surface area contributed by atoms with Crippen molar-refractivity contribution in [1.82, 2.24) is 5.32 Å². The molecule has 1 amide bonds. The maximum absolute atomic E-state index is 10.5. The minimum atomic E-state index is -0.0637. The summed E-state index contributed by atoms with van der Waals surface area (Å²) in [5, 5.41) is 2.58. The number of amides is 1. The average Bonchev–Trinajstić information content (AvgIpc) is 2.03. The molecule has 0 fully saturated rings. The molecule has 0 aromatic heterocycles. The molecule has 0 aliphatic heterocycles. The lowest BCUT2D eigenvalue weighted by Gasteiger charge is -1.94. The van der Waals surface area contributed by atoms with Crippen molar-refractivity contribution in [2.24, 2.45) is 0 Å². The van der Waals surface area contributed by atoms with Gasteiger partial charge in [0.25, 0.3) is 0 Å². The summed E-state index contributed by atoms with van der Waals surface area (Å²) >= 11 is 3.36. The molecule has 0 atom stereocenters. The van der Waals surface area contributed by atoms with E-state index < -0.39 is 0 Å². The van der Waals surface area contributed by atoms with E-state index in [1.807, 2.05) is 30.3 Å². The highest BCUT2D eigenvalue weighted by atomic mass is 79.9. The Bertz CT molecular complexity index is 333. The second kappa shape index (κ2) is 4.82. The number of hydrogen-bond donors (Lipinski definition) is 1. The number of benzene rings is 1. The Balaban J connectivity index is 2.63. The summed E-state index contributed by atoms with van der Waals surface area (Å²) in [4.78, 5) is 10.5. The predicted molar refractivity (Wildman–Crippen MR) is 57.0 cm³/mol. The van der Waals surface area contributed by atoms with Gasteiger partial charge in [0.1, 0.15) is 0 Å². The van der Waals surface area contributed by atoms with Crippen LogP contribution in [0, 0.1) is 0 Å². The van der Waals surface area contributed by atoms with E-state index in [4.69, 9.17) is 0 Å². The van der Waals surface area contributed by atoms with Gasteiger partial charge in [-0.15, -0.1) is 0 Å². The number of hydrogen-bond acceptors (Lipinski definition) is 1. The second-order valence-corrected chi connectivity index (χ2v) is 3.50. The fraction of sp³-hybridized carbons (Fsp3) is 0.100. The fourth-order valence-corrected chi connectivity index (χ4v) is 1.28. The first-order valence-electron chi connectivity index (χ1n) is 3.88. The Morgan fingerprint density at radius 1 is 1.54 bits per heavy atom. The lowest BCUT2D eigenvalue weighted by Crippen LogP contribution is -2.10. The Labute approximate surface area is 85.8 Å². The molecule has 0 aliphatic rings. The van der Waals surface area contributed by atoms with E-state index in [1.54, 1.807) is 6.20 Å². The van der Waals surface area contributed by atoms with Gasteiger partial charge in [-0.3, -0.25) is 4.79 Å². The highest BCUT2D eigenvalue weighted by Gasteiger charge is 1.88. The molecular weight excluding hydrogens is 230 g/mol. The Hall–Kier alpha value is -1.09. The molecule has 1 aromatic carbocycles. The van der Waals surface area contributed by atoms with Crippen molar-refractivity contribution in [3.63, 3.8) is 0 Å². The molecule has 0 unspecified atom stereocenters. The van der Waals surface area contributed by atoms with Crippen LogP contribution in [0.3, 0.4) is 0 Å². The van der Waals surface area contributed by atoms with Gasteiger partial charge in [-0.05, 0) is 23.8 Å². The van der Waals surface area contributed by atoms with Crippen LogP contribution in [0.2, 0.25) is 0 Å². The summed E-state index contributed by atoms with van der Waals surface area (Å²) in [5.41, 5.74) is 1.04. The minimum Gasteiger partial charge on any atom is -0.333 e. The maximum Gasteiger partial charge on any atom is 0.220 e. The third-order valence-corrected chi connectivity index (χ3v) is 1.90. The predicted octanol–water partition coefficient (Wildman–Crippen LogP) is 2.56. The van der Waals surface area contributed by atoms with Crippen LogP contribution in [0.1, 0.15) is 12.5 Å². The monoisotopic (exact) mass is 239 g/mol. The molecule has 1 N–H and O–H groups in total. The molecule has 0 heterocycles. The highest BCUT2D eigenvalue weighted by molar-refractivity contribution is 9.10. The Morgan fingerprint density at radius 3 is 2.92 bits per heavy atom. The van der Waals surface area contributed by atoms with Crippen LogP contribution in [-0.2, 0) is 4.79 Å². The van der Waals surface area contributed by atoms with Crippen molar-refractivity contribution in [1.29, 1.82) is 0 Å². The number of nitrogens with one attached hydrogen (secondary N) is 1. The molecule has 68 valence electrons.